The number of nitrogens with zero attached hydrogens (tertiary/aromatic N) is 1. The summed E-state index contributed by atoms with van der Waals surface area (Å²) in [5.74, 6) is -1.33. The lowest BCUT2D eigenvalue weighted by molar-refractivity contribution is -0.387. The van der Waals surface area contributed by atoms with E-state index in [2.05, 4.69) is 5.32 Å². The number of nitro benzene ring substituents is 1. The topological polar surface area (TPSA) is 98.5 Å². The molecule has 3 aromatic rings. The molecule has 0 fully saturated rings. The van der Waals surface area contributed by atoms with E-state index in [1.165, 1.54) is 6.07 Å². The highest BCUT2D eigenvalue weighted by atomic mass is 19.1. The number of nitro groups is 1. The molecule has 1 amide bonds. The van der Waals surface area contributed by atoms with Gasteiger partial charge in [-0.15, -0.1) is 0 Å². The lowest BCUT2D eigenvalue weighted by Crippen LogP contribution is -2.20. The van der Waals surface area contributed by atoms with Crippen LogP contribution in [0.4, 0.5) is 15.8 Å². The summed E-state index contributed by atoms with van der Waals surface area (Å²) in [5, 5.41) is 13.1. The van der Waals surface area contributed by atoms with E-state index in [-0.39, 0.29) is 18.1 Å². The van der Waals surface area contributed by atoms with E-state index in [9.17, 15) is 24.1 Å². The van der Waals surface area contributed by atoms with E-state index in [1.807, 2.05) is 6.07 Å². The van der Waals surface area contributed by atoms with Crippen molar-refractivity contribution in [1.29, 1.82) is 0 Å². The van der Waals surface area contributed by atoms with Crippen LogP contribution in [0.3, 0.4) is 0 Å². The second-order valence-electron chi connectivity index (χ2n) is 5.98. The van der Waals surface area contributed by atoms with Crippen LogP contribution in [0.1, 0.15) is 15.9 Å². The lowest BCUT2D eigenvalue weighted by atomic mass is 10.0. The Balaban J connectivity index is 1.57. The molecule has 0 radical (unpaired) electrons. The number of anilines is 1. The Kier molecular flexibility index (Phi) is 5.94. The van der Waals surface area contributed by atoms with Crippen molar-refractivity contribution in [1.82, 2.24) is 0 Å². The maximum atomic E-state index is 13.3. The highest BCUT2D eigenvalue weighted by Crippen LogP contribution is 2.21. The average molecular weight is 394 g/mol. The Morgan fingerprint density at radius 3 is 2.28 bits per heavy atom. The lowest BCUT2D eigenvalue weighted by Gasteiger charge is -2.08. The zero-order valence-corrected chi connectivity index (χ0v) is 15.0. The van der Waals surface area contributed by atoms with E-state index in [4.69, 9.17) is 4.74 Å². The molecule has 29 heavy (non-hydrogen) atoms. The van der Waals surface area contributed by atoms with Crippen molar-refractivity contribution in [2.45, 2.75) is 0 Å². The Hall–Kier alpha value is -4.07. The van der Waals surface area contributed by atoms with Crippen molar-refractivity contribution < 1.29 is 23.6 Å². The molecular formula is C21H15FN2O5. The molecule has 8 heteroatoms. The number of hydrogen-bond donors (Lipinski definition) is 1. The standard InChI is InChI=1S/C21H15FN2O5/c22-18-11-8-16(12-19(18)24(27)28)23-20(25)13-29-17-9-6-15(7-10-17)21(26)14-4-2-1-3-5-14/h1-12H,13H2,(H,23,25). The van der Waals surface area contributed by atoms with Crippen LogP contribution in [-0.2, 0) is 4.79 Å². The number of rotatable bonds is 7. The van der Waals surface area contributed by atoms with Crippen LogP contribution in [0.2, 0.25) is 0 Å². The van der Waals surface area contributed by atoms with Crippen molar-refractivity contribution >= 4 is 23.1 Å². The first-order chi connectivity index (χ1) is 13.9. The largest absolute Gasteiger partial charge is 0.484 e. The van der Waals surface area contributed by atoms with Gasteiger partial charge in [-0.2, -0.15) is 4.39 Å². The van der Waals surface area contributed by atoms with Crippen molar-refractivity contribution in [3.05, 3.63) is 99.9 Å². The molecule has 0 saturated heterocycles. The van der Waals surface area contributed by atoms with E-state index >= 15 is 0 Å². The fourth-order valence-corrected chi connectivity index (χ4v) is 2.54. The quantitative estimate of drug-likeness (QED) is 0.371. The summed E-state index contributed by atoms with van der Waals surface area (Å²) >= 11 is 0. The molecule has 7 nitrogen and oxygen atoms in total. The monoisotopic (exact) mass is 394 g/mol. The van der Waals surface area contributed by atoms with E-state index in [1.54, 1.807) is 48.5 Å². The summed E-state index contributed by atoms with van der Waals surface area (Å²) in [4.78, 5) is 34.2. The summed E-state index contributed by atoms with van der Waals surface area (Å²) in [6.45, 7) is -0.364. The Bertz CT molecular complexity index is 1050. The number of amides is 1. The number of carbonyl (C=O) groups is 2. The number of carbonyl (C=O) groups excluding carboxylic acids is 2. The summed E-state index contributed by atoms with van der Waals surface area (Å²) in [6.07, 6.45) is 0. The van der Waals surface area contributed by atoms with Crippen LogP contribution < -0.4 is 10.1 Å². The highest BCUT2D eigenvalue weighted by Gasteiger charge is 2.15. The van der Waals surface area contributed by atoms with Crippen molar-refractivity contribution in [2.24, 2.45) is 0 Å². The third kappa shape index (κ3) is 5.01. The molecule has 0 aromatic heterocycles. The molecule has 0 spiro atoms. The summed E-state index contributed by atoms with van der Waals surface area (Å²) in [6, 6.07) is 18.2. The van der Waals surface area contributed by atoms with Crippen LogP contribution >= 0.6 is 0 Å². The first kappa shape index (κ1) is 19.7. The van der Waals surface area contributed by atoms with Gasteiger partial charge in [-0.05, 0) is 36.4 Å². The van der Waals surface area contributed by atoms with E-state index in [0.717, 1.165) is 12.1 Å². The number of nitrogens with one attached hydrogen (secondary N) is 1. The fraction of sp³-hybridized carbons (Fsp3) is 0.0476. The van der Waals surface area contributed by atoms with Crippen LogP contribution in [0.25, 0.3) is 0 Å². The number of ketones is 1. The third-order valence-electron chi connectivity index (χ3n) is 3.95. The predicted molar refractivity (Wildman–Crippen MR) is 103 cm³/mol. The number of benzene rings is 3. The van der Waals surface area contributed by atoms with Gasteiger partial charge in [-0.1, -0.05) is 30.3 Å². The predicted octanol–water partition coefficient (Wildman–Crippen LogP) is 3.98. The normalized spacial score (nSPS) is 10.2. The SMILES string of the molecule is O=C(COc1ccc(C(=O)c2ccccc2)cc1)Nc1ccc(F)c([N+](=O)[O-])c1. The fourth-order valence-electron chi connectivity index (χ4n) is 2.54. The van der Waals surface area contributed by atoms with E-state index < -0.39 is 22.3 Å². The Labute approximate surface area is 164 Å². The molecule has 0 bridgehead atoms. The Morgan fingerprint density at radius 1 is 0.966 bits per heavy atom. The van der Waals surface area contributed by atoms with Gasteiger partial charge in [-0.25, -0.2) is 0 Å². The van der Waals surface area contributed by atoms with Crippen molar-refractivity contribution in [2.75, 3.05) is 11.9 Å². The molecule has 0 heterocycles. The molecule has 3 rings (SSSR count). The summed E-state index contributed by atoms with van der Waals surface area (Å²) < 4.78 is 18.7. The molecule has 0 aliphatic carbocycles. The molecule has 0 atom stereocenters. The first-order valence-corrected chi connectivity index (χ1v) is 8.50. The minimum Gasteiger partial charge on any atom is -0.484 e. The molecule has 0 aliphatic rings. The van der Waals surface area contributed by atoms with Gasteiger partial charge in [-0.3, -0.25) is 19.7 Å². The maximum Gasteiger partial charge on any atom is 0.306 e. The van der Waals surface area contributed by atoms with Gasteiger partial charge in [0.05, 0.1) is 4.92 Å². The molecule has 0 aliphatic heterocycles. The maximum absolute atomic E-state index is 13.3. The number of hydrogen-bond acceptors (Lipinski definition) is 5. The van der Waals surface area contributed by atoms with Gasteiger partial charge in [0.25, 0.3) is 5.91 Å². The molecular weight excluding hydrogens is 379 g/mol. The molecule has 0 unspecified atom stereocenters. The van der Waals surface area contributed by atoms with Gasteiger partial charge >= 0.3 is 5.69 Å². The van der Waals surface area contributed by atoms with Crippen LogP contribution in [0, 0.1) is 15.9 Å². The molecule has 1 N–H and O–H groups in total. The second-order valence-corrected chi connectivity index (χ2v) is 5.98. The molecule has 146 valence electrons. The summed E-state index contributed by atoms with van der Waals surface area (Å²) in [5.41, 5.74) is 0.387. The molecule has 3 aromatic carbocycles. The summed E-state index contributed by atoms with van der Waals surface area (Å²) in [7, 11) is 0. The van der Waals surface area contributed by atoms with Gasteiger partial charge < -0.3 is 10.1 Å². The highest BCUT2D eigenvalue weighted by molar-refractivity contribution is 6.09. The zero-order valence-electron chi connectivity index (χ0n) is 15.0. The minimum atomic E-state index is -0.991. The average Bonchev–Trinajstić information content (AvgIpc) is 2.74. The number of ether oxygens (including phenoxy) is 1. The van der Waals surface area contributed by atoms with Crippen molar-refractivity contribution in [3.8, 4) is 5.75 Å². The Morgan fingerprint density at radius 2 is 1.62 bits per heavy atom. The second kappa shape index (κ2) is 8.75. The van der Waals surface area contributed by atoms with Crippen LogP contribution in [-0.4, -0.2) is 23.2 Å². The zero-order chi connectivity index (χ0) is 20.8. The van der Waals surface area contributed by atoms with Gasteiger partial charge in [0.1, 0.15) is 5.75 Å². The third-order valence-corrected chi connectivity index (χ3v) is 3.95. The van der Waals surface area contributed by atoms with Crippen LogP contribution in [0.15, 0.2) is 72.8 Å². The van der Waals surface area contributed by atoms with E-state index in [0.29, 0.717) is 16.9 Å². The van der Waals surface area contributed by atoms with Gasteiger partial charge in [0, 0.05) is 22.9 Å². The van der Waals surface area contributed by atoms with Gasteiger partial charge in [0.2, 0.25) is 5.82 Å². The molecule has 0 saturated carbocycles. The van der Waals surface area contributed by atoms with Gasteiger partial charge in [0.15, 0.2) is 12.4 Å². The number of halogens is 1. The van der Waals surface area contributed by atoms with Crippen LogP contribution in [0.5, 0.6) is 5.75 Å². The smallest absolute Gasteiger partial charge is 0.306 e. The first-order valence-electron chi connectivity index (χ1n) is 8.50. The minimum absolute atomic E-state index is 0.0792. The van der Waals surface area contributed by atoms with Crippen molar-refractivity contribution in [3.63, 3.8) is 0 Å².